The number of carbonyl (C=O) groups is 1. The van der Waals surface area contributed by atoms with Crippen molar-refractivity contribution >= 4 is 34.9 Å². The molecule has 0 fully saturated rings. The van der Waals surface area contributed by atoms with Gasteiger partial charge in [-0.1, -0.05) is 0 Å². The first-order valence-electron chi connectivity index (χ1n) is 4.55. The Kier molecular flexibility index (Phi) is 6.10. The van der Waals surface area contributed by atoms with Gasteiger partial charge >= 0.3 is 31.2 Å². The molecule has 0 aromatic heterocycles. The first kappa shape index (κ1) is 18.8. The fraction of sp³-hybridized carbons (Fsp3) is 0.222. The van der Waals surface area contributed by atoms with Gasteiger partial charge in [0.1, 0.15) is 5.75 Å². The molecule has 0 saturated heterocycles. The molecule has 0 spiro atoms. The molecule has 0 amide bonds. The van der Waals surface area contributed by atoms with E-state index in [2.05, 4.69) is 9.47 Å². The van der Waals surface area contributed by atoms with E-state index in [1.807, 2.05) is 0 Å². The number of rotatable bonds is 3. The van der Waals surface area contributed by atoms with E-state index in [0.717, 1.165) is 19.2 Å². The number of hydrogen-bond donors (Lipinski definition) is 1. The van der Waals surface area contributed by atoms with Gasteiger partial charge in [0.25, 0.3) is 0 Å². The minimum atomic E-state index is -4.98. The molecule has 108 valence electrons. The Bertz CT molecular complexity index is 602. The maximum atomic E-state index is 12.0. The summed E-state index contributed by atoms with van der Waals surface area (Å²) >= 11 is 0. The van der Waals surface area contributed by atoms with Crippen molar-refractivity contribution in [1.82, 2.24) is 0 Å². The van der Waals surface area contributed by atoms with Gasteiger partial charge in [-0.25, -0.2) is 18.4 Å². The molecule has 1 aromatic rings. The maximum absolute atomic E-state index is 12.0. The SMILES string of the molecule is COC(=O)c1cc(OC(F)(F)F)ccc1S(N)(=O)=O.[LiH]. The van der Waals surface area contributed by atoms with Crippen molar-refractivity contribution in [1.29, 1.82) is 0 Å². The molecule has 0 aliphatic rings. The molecule has 20 heavy (non-hydrogen) atoms. The third-order valence-corrected chi connectivity index (χ3v) is 2.87. The Balaban J connectivity index is 0.00000361. The van der Waals surface area contributed by atoms with Gasteiger partial charge in [-0.2, -0.15) is 0 Å². The molecule has 0 unspecified atom stereocenters. The summed E-state index contributed by atoms with van der Waals surface area (Å²) in [6.07, 6.45) is -4.98. The van der Waals surface area contributed by atoms with Crippen molar-refractivity contribution < 1.29 is 35.9 Å². The summed E-state index contributed by atoms with van der Waals surface area (Å²) in [7, 11) is -3.35. The van der Waals surface area contributed by atoms with Crippen LogP contribution >= 0.6 is 0 Å². The quantitative estimate of drug-likeness (QED) is 0.643. The van der Waals surface area contributed by atoms with E-state index in [4.69, 9.17) is 5.14 Å². The molecule has 0 aliphatic carbocycles. The normalized spacial score (nSPS) is 11.4. The van der Waals surface area contributed by atoms with E-state index < -0.39 is 38.6 Å². The van der Waals surface area contributed by atoms with Crippen LogP contribution in [0.2, 0.25) is 0 Å². The Morgan fingerprint density at radius 1 is 1.30 bits per heavy atom. The summed E-state index contributed by atoms with van der Waals surface area (Å²) in [5, 5.41) is 4.83. The molecular weight excluding hydrogens is 298 g/mol. The first-order valence-corrected chi connectivity index (χ1v) is 6.10. The zero-order valence-corrected chi connectivity index (χ0v) is 10.2. The molecule has 0 radical (unpaired) electrons. The van der Waals surface area contributed by atoms with Crippen molar-refractivity contribution in [2.75, 3.05) is 7.11 Å². The van der Waals surface area contributed by atoms with E-state index in [9.17, 15) is 26.4 Å². The summed E-state index contributed by atoms with van der Waals surface area (Å²) in [6, 6.07) is 2.03. The third kappa shape index (κ3) is 5.05. The van der Waals surface area contributed by atoms with Crippen LogP contribution in [0.25, 0.3) is 0 Å². The zero-order chi connectivity index (χ0) is 14.8. The van der Waals surface area contributed by atoms with Crippen molar-refractivity contribution in [3.05, 3.63) is 23.8 Å². The number of ether oxygens (including phenoxy) is 2. The van der Waals surface area contributed by atoms with Crippen LogP contribution in [0.5, 0.6) is 5.75 Å². The number of alkyl halides is 3. The van der Waals surface area contributed by atoms with Gasteiger partial charge in [-0.05, 0) is 18.2 Å². The van der Waals surface area contributed by atoms with E-state index in [0.29, 0.717) is 6.07 Å². The standard InChI is InChI=1S/C9H8F3NO5S.Li.H/c1-17-8(14)6-4-5(18-9(10,11)12)2-3-7(6)19(13,15)16;;/h2-4H,1H3,(H2,13,15,16);;. The molecule has 6 nitrogen and oxygen atoms in total. The summed E-state index contributed by atoms with van der Waals surface area (Å²) in [5.74, 6) is -1.92. The molecular formula is C9H9F3LiNO5S. The summed E-state index contributed by atoms with van der Waals surface area (Å²) < 4.78 is 66.2. The monoisotopic (exact) mass is 307 g/mol. The Hall–Kier alpha value is -1.21. The molecule has 1 aromatic carbocycles. The number of primary sulfonamides is 1. The molecule has 0 heterocycles. The van der Waals surface area contributed by atoms with E-state index in [1.165, 1.54) is 0 Å². The number of esters is 1. The van der Waals surface area contributed by atoms with E-state index in [1.54, 1.807) is 0 Å². The van der Waals surface area contributed by atoms with Gasteiger partial charge in [0.15, 0.2) is 0 Å². The van der Waals surface area contributed by atoms with Crippen LogP contribution in [0.3, 0.4) is 0 Å². The number of carbonyl (C=O) groups excluding carboxylic acids is 1. The molecule has 0 aliphatic heterocycles. The summed E-state index contributed by atoms with van der Waals surface area (Å²) in [6.45, 7) is 0. The molecule has 2 N–H and O–H groups in total. The van der Waals surface area contributed by atoms with Gasteiger partial charge in [0, 0.05) is 0 Å². The summed E-state index contributed by atoms with van der Waals surface area (Å²) in [4.78, 5) is 10.7. The predicted molar refractivity (Wildman–Crippen MR) is 63.0 cm³/mol. The third-order valence-electron chi connectivity index (χ3n) is 1.90. The van der Waals surface area contributed by atoms with Gasteiger partial charge in [0.05, 0.1) is 17.6 Å². The fourth-order valence-corrected chi connectivity index (χ4v) is 1.93. The fourth-order valence-electron chi connectivity index (χ4n) is 1.22. The average Bonchev–Trinajstić information content (AvgIpc) is 2.24. The second-order valence-electron chi connectivity index (χ2n) is 3.24. The van der Waals surface area contributed by atoms with E-state index in [-0.39, 0.29) is 18.9 Å². The molecule has 1 rings (SSSR count). The van der Waals surface area contributed by atoms with Crippen LogP contribution in [0, 0.1) is 0 Å². The van der Waals surface area contributed by atoms with Gasteiger partial charge in [0.2, 0.25) is 10.0 Å². The van der Waals surface area contributed by atoms with Crippen LogP contribution < -0.4 is 9.88 Å². The minimum absolute atomic E-state index is 0. The topological polar surface area (TPSA) is 95.7 Å². The molecule has 0 saturated carbocycles. The van der Waals surface area contributed by atoms with Crippen LogP contribution in [0.15, 0.2) is 23.1 Å². The van der Waals surface area contributed by atoms with Crippen molar-refractivity contribution in [2.24, 2.45) is 5.14 Å². The van der Waals surface area contributed by atoms with Crippen LogP contribution in [0.4, 0.5) is 13.2 Å². The predicted octanol–water partition coefficient (Wildman–Crippen LogP) is 0.371. The average molecular weight is 307 g/mol. The van der Waals surface area contributed by atoms with Crippen LogP contribution in [-0.4, -0.2) is 46.7 Å². The number of sulfonamides is 1. The van der Waals surface area contributed by atoms with Crippen LogP contribution in [0.1, 0.15) is 10.4 Å². The first-order chi connectivity index (χ1) is 8.54. The molecule has 0 atom stereocenters. The van der Waals surface area contributed by atoms with Gasteiger partial charge in [-0.15, -0.1) is 13.2 Å². The van der Waals surface area contributed by atoms with Gasteiger partial charge < -0.3 is 9.47 Å². The molecule has 11 heteroatoms. The van der Waals surface area contributed by atoms with Crippen molar-refractivity contribution in [3.63, 3.8) is 0 Å². The number of hydrogen-bond acceptors (Lipinski definition) is 5. The molecule has 0 bridgehead atoms. The van der Waals surface area contributed by atoms with E-state index >= 15 is 0 Å². The zero-order valence-electron chi connectivity index (χ0n) is 9.39. The van der Waals surface area contributed by atoms with Gasteiger partial charge in [-0.3, -0.25) is 0 Å². The summed E-state index contributed by atoms with van der Waals surface area (Å²) in [5.41, 5.74) is -0.647. The second kappa shape index (κ2) is 6.49. The number of halogens is 3. The Morgan fingerprint density at radius 2 is 1.85 bits per heavy atom. The Morgan fingerprint density at radius 3 is 2.25 bits per heavy atom. The second-order valence-corrected chi connectivity index (χ2v) is 4.77. The number of nitrogens with two attached hydrogens (primary N) is 1. The van der Waals surface area contributed by atoms with Crippen molar-refractivity contribution in [2.45, 2.75) is 11.3 Å². The number of methoxy groups -OCH3 is 1. The Labute approximate surface area is 124 Å². The number of benzene rings is 1. The van der Waals surface area contributed by atoms with Crippen molar-refractivity contribution in [3.8, 4) is 5.75 Å². The van der Waals surface area contributed by atoms with Crippen LogP contribution in [-0.2, 0) is 14.8 Å².